The van der Waals surface area contributed by atoms with Gasteiger partial charge in [-0.3, -0.25) is 9.10 Å². The van der Waals surface area contributed by atoms with Crippen molar-refractivity contribution in [3.05, 3.63) is 65.7 Å². The number of nitrogens with one attached hydrogen (secondary N) is 1. The van der Waals surface area contributed by atoms with Gasteiger partial charge in [0.25, 0.3) is 15.9 Å². The third-order valence-corrected chi connectivity index (χ3v) is 6.46. The molecule has 1 amide bonds. The first-order valence-electron chi connectivity index (χ1n) is 8.75. The molecule has 0 aliphatic heterocycles. The third-order valence-electron chi connectivity index (χ3n) is 4.34. The van der Waals surface area contributed by atoms with E-state index in [1.165, 1.54) is 35.7 Å². The Morgan fingerprint density at radius 1 is 1.29 bits per heavy atom. The van der Waals surface area contributed by atoms with E-state index < -0.39 is 10.0 Å². The van der Waals surface area contributed by atoms with Gasteiger partial charge in [0.05, 0.1) is 34.8 Å². The number of rotatable bonds is 8. The summed E-state index contributed by atoms with van der Waals surface area (Å²) in [6.07, 6.45) is 3.34. The first-order chi connectivity index (χ1) is 13.4. The number of anilines is 1. The highest BCUT2D eigenvalue weighted by Gasteiger charge is 2.28. The van der Waals surface area contributed by atoms with Gasteiger partial charge in [0.1, 0.15) is 5.75 Å². The van der Waals surface area contributed by atoms with Gasteiger partial charge in [-0.15, -0.1) is 6.58 Å². The van der Waals surface area contributed by atoms with Crippen molar-refractivity contribution in [2.24, 2.45) is 0 Å². The van der Waals surface area contributed by atoms with Crippen LogP contribution in [0.2, 0.25) is 5.02 Å². The summed E-state index contributed by atoms with van der Waals surface area (Å²) in [6, 6.07) is 10.9. The second-order valence-electron chi connectivity index (χ2n) is 6.41. The average molecular weight is 421 g/mol. The van der Waals surface area contributed by atoms with E-state index in [4.69, 9.17) is 16.3 Å². The molecule has 3 rings (SSSR count). The van der Waals surface area contributed by atoms with Gasteiger partial charge in [0.15, 0.2) is 0 Å². The first kappa shape index (κ1) is 20.2. The number of ether oxygens (including phenoxy) is 1. The molecule has 2 aromatic carbocycles. The van der Waals surface area contributed by atoms with E-state index in [0.717, 1.165) is 12.8 Å². The molecule has 0 bridgehead atoms. The quantitative estimate of drug-likeness (QED) is 0.662. The van der Waals surface area contributed by atoms with Gasteiger partial charge in [0.2, 0.25) is 0 Å². The zero-order chi connectivity index (χ0) is 20.3. The molecule has 1 N–H and O–H groups in total. The van der Waals surface area contributed by atoms with Crippen molar-refractivity contribution in [1.82, 2.24) is 5.32 Å². The lowest BCUT2D eigenvalue weighted by atomic mass is 10.2. The molecule has 0 radical (unpaired) electrons. The van der Waals surface area contributed by atoms with Crippen LogP contribution in [0.5, 0.6) is 5.75 Å². The fourth-order valence-corrected chi connectivity index (χ4v) is 4.33. The predicted octanol–water partition coefficient (Wildman–Crippen LogP) is 3.62. The van der Waals surface area contributed by atoms with Crippen LogP contribution in [-0.4, -0.2) is 34.0 Å². The Morgan fingerprint density at radius 3 is 2.54 bits per heavy atom. The molecule has 0 spiro atoms. The van der Waals surface area contributed by atoms with Crippen LogP contribution in [0, 0.1) is 0 Å². The molecule has 0 heterocycles. The van der Waals surface area contributed by atoms with E-state index in [0.29, 0.717) is 11.4 Å². The normalized spacial score (nSPS) is 13.6. The van der Waals surface area contributed by atoms with Crippen molar-refractivity contribution in [1.29, 1.82) is 0 Å². The number of hydrogen-bond donors (Lipinski definition) is 1. The number of carbonyl (C=O) groups is 1. The summed E-state index contributed by atoms with van der Waals surface area (Å²) < 4.78 is 32.9. The van der Waals surface area contributed by atoms with E-state index in [1.807, 2.05) is 0 Å². The van der Waals surface area contributed by atoms with Gasteiger partial charge in [-0.2, -0.15) is 0 Å². The summed E-state index contributed by atoms with van der Waals surface area (Å²) in [4.78, 5) is 12.4. The number of carbonyl (C=O) groups excluding carboxylic acids is 1. The van der Waals surface area contributed by atoms with E-state index >= 15 is 0 Å². The van der Waals surface area contributed by atoms with Gasteiger partial charge in [-0.25, -0.2) is 8.42 Å². The minimum Gasteiger partial charge on any atom is -0.497 e. The zero-order valence-corrected chi connectivity index (χ0v) is 17.0. The molecule has 2 aromatic rings. The smallest absolute Gasteiger partial charge is 0.264 e. The number of amides is 1. The lowest BCUT2D eigenvalue weighted by Crippen LogP contribution is -2.31. The number of benzene rings is 2. The minimum atomic E-state index is -3.94. The van der Waals surface area contributed by atoms with Crippen LogP contribution in [0.15, 0.2) is 60.0 Å². The molecular weight excluding hydrogens is 400 g/mol. The topological polar surface area (TPSA) is 75.7 Å². The maximum atomic E-state index is 13.3. The molecule has 0 aromatic heterocycles. The van der Waals surface area contributed by atoms with Gasteiger partial charge in [0, 0.05) is 6.04 Å². The van der Waals surface area contributed by atoms with Crippen molar-refractivity contribution in [3.63, 3.8) is 0 Å². The molecule has 0 unspecified atom stereocenters. The van der Waals surface area contributed by atoms with E-state index in [2.05, 4.69) is 11.9 Å². The van der Waals surface area contributed by atoms with E-state index in [9.17, 15) is 13.2 Å². The Labute approximate surface area is 169 Å². The standard InChI is InChI=1S/C20H21ClN2O4S/c1-3-12-23(15-6-8-16(27-2)9-7-15)28(25,26)17-10-11-19(21)18(13-17)20(24)22-14-4-5-14/h3,6-11,13-14H,1,4-5,12H2,2H3,(H,22,24). The van der Waals surface area contributed by atoms with Crippen molar-refractivity contribution in [3.8, 4) is 5.75 Å². The maximum Gasteiger partial charge on any atom is 0.264 e. The summed E-state index contributed by atoms with van der Waals surface area (Å²) in [6.45, 7) is 3.72. The van der Waals surface area contributed by atoms with Crippen LogP contribution >= 0.6 is 11.6 Å². The minimum absolute atomic E-state index is 0.0180. The van der Waals surface area contributed by atoms with Gasteiger partial charge < -0.3 is 10.1 Å². The average Bonchev–Trinajstić information content (AvgIpc) is 3.50. The summed E-state index contributed by atoms with van der Waals surface area (Å²) in [7, 11) is -2.40. The van der Waals surface area contributed by atoms with Crippen molar-refractivity contribution < 1.29 is 17.9 Å². The van der Waals surface area contributed by atoms with Crippen molar-refractivity contribution in [2.45, 2.75) is 23.8 Å². The first-order valence-corrected chi connectivity index (χ1v) is 10.6. The Hall–Kier alpha value is -2.51. The molecule has 1 aliphatic carbocycles. The second-order valence-corrected chi connectivity index (χ2v) is 8.68. The van der Waals surface area contributed by atoms with Crippen LogP contribution < -0.4 is 14.4 Å². The summed E-state index contributed by atoms with van der Waals surface area (Å²) >= 11 is 6.14. The highest BCUT2D eigenvalue weighted by molar-refractivity contribution is 7.92. The van der Waals surface area contributed by atoms with E-state index in [1.54, 1.807) is 24.3 Å². The molecule has 1 fully saturated rings. The van der Waals surface area contributed by atoms with Crippen molar-refractivity contribution in [2.75, 3.05) is 18.0 Å². The third kappa shape index (κ3) is 4.31. The fraction of sp³-hybridized carbons (Fsp3) is 0.250. The Kier molecular flexibility index (Phi) is 5.96. The van der Waals surface area contributed by atoms with Gasteiger partial charge >= 0.3 is 0 Å². The van der Waals surface area contributed by atoms with Crippen LogP contribution in [0.25, 0.3) is 0 Å². The highest BCUT2D eigenvalue weighted by Crippen LogP contribution is 2.29. The molecule has 0 atom stereocenters. The molecule has 1 aliphatic rings. The summed E-state index contributed by atoms with van der Waals surface area (Å²) in [5, 5.41) is 3.03. The van der Waals surface area contributed by atoms with Crippen LogP contribution in [0.3, 0.4) is 0 Å². The lowest BCUT2D eigenvalue weighted by molar-refractivity contribution is 0.0951. The molecule has 0 saturated heterocycles. The monoisotopic (exact) mass is 420 g/mol. The summed E-state index contributed by atoms with van der Waals surface area (Å²) in [5.41, 5.74) is 0.600. The second kappa shape index (κ2) is 8.24. The fourth-order valence-electron chi connectivity index (χ4n) is 2.66. The highest BCUT2D eigenvalue weighted by atomic mass is 35.5. The van der Waals surface area contributed by atoms with Gasteiger partial charge in [-0.05, 0) is 55.3 Å². The summed E-state index contributed by atoms with van der Waals surface area (Å²) in [5.74, 6) is 0.245. The molecular formula is C20H21ClN2O4S. The zero-order valence-electron chi connectivity index (χ0n) is 15.4. The number of nitrogens with zero attached hydrogens (tertiary/aromatic N) is 1. The molecule has 8 heteroatoms. The largest absolute Gasteiger partial charge is 0.497 e. The SMILES string of the molecule is C=CCN(c1ccc(OC)cc1)S(=O)(=O)c1ccc(Cl)c(C(=O)NC2CC2)c1. The Bertz CT molecular complexity index is 986. The van der Waals surface area contributed by atoms with Crippen molar-refractivity contribution >= 4 is 33.2 Å². The van der Waals surface area contributed by atoms with Crippen LogP contribution in [0.1, 0.15) is 23.2 Å². The lowest BCUT2D eigenvalue weighted by Gasteiger charge is -2.23. The molecule has 148 valence electrons. The Morgan fingerprint density at radius 2 is 1.96 bits per heavy atom. The maximum absolute atomic E-state index is 13.3. The number of halogens is 1. The number of sulfonamides is 1. The predicted molar refractivity (Wildman–Crippen MR) is 110 cm³/mol. The number of hydrogen-bond acceptors (Lipinski definition) is 4. The Balaban J connectivity index is 1.98. The molecule has 6 nitrogen and oxygen atoms in total. The van der Waals surface area contributed by atoms with Crippen LogP contribution in [0.4, 0.5) is 5.69 Å². The van der Waals surface area contributed by atoms with Gasteiger partial charge in [-0.1, -0.05) is 17.7 Å². The number of methoxy groups -OCH3 is 1. The molecule has 1 saturated carbocycles. The van der Waals surface area contributed by atoms with E-state index in [-0.39, 0.29) is 34.0 Å². The van der Waals surface area contributed by atoms with Crippen LogP contribution in [-0.2, 0) is 10.0 Å². The molecule has 28 heavy (non-hydrogen) atoms.